The number of likely N-dealkylation sites (tertiary alicyclic amines) is 1. The molecule has 0 spiro atoms. The van der Waals surface area contributed by atoms with Gasteiger partial charge in [0.05, 0.1) is 18.7 Å². The molecule has 3 heterocycles. The number of benzene rings is 1. The largest absolute Gasteiger partial charge is 0.487 e. The van der Waals surface area contributed by atoms with Crippen molar-refractivity contribution in [3.05, 3.63) is 64.6 Å². The van der Waals surface area contributed by atoms with Crippen LogP contribution in [-0.4, -0.2) is 38.9 Å². The Morgan fingerprint density at radius 1 is 1.24 bits per heavy atom. The molecule has 6 nitrogen and oxygen atoms in total. The fourth-order valence-electron chi connectivity index (χ4n) is 2.74. The Morgan fingerprint density at radius 3 is 2.84 bits per heavy atom. The van der Waals surface area contributed by atoms with E-state index in [-0.39, 0.29) is 11.9 Å². The average molecular weight is 354 g/mol. The number of para-hydroxylation sites is 1. The SMILES string of the molecule is O=C(Cc1ccsc1)N1CC(n2cc(COc3ccccc3)nn2)C1. The maximum absolute atomic E-state index is 12.2. The lowest BCUT2D eigenvalue weighted by Crippen LogP contribution is -2.51. The van der Waals surface area contributed by atoms with E-state index in [2.05, 4.69) is 10.3 Å². The van der Waals surface area contributed by atoms with Crippen LogP contribution in [0.1, 0.15) is 17.3 Å². The number of hydrogen-bond acceptors (Lipinski definition) is 5. The van der Waals surface area contributed by atoms with E-state index in [0.717, 1.165) is 17.0 Å². The summed E-state index contributed by atoms with van der Waals surface area (Å²) in [7, 11) is 0. The molecule has 0 bridgehead atoms. The van der Waals surface area contributed by atoms with Gasteiger partial charge in [-0.05, 0) is 34.5 Å². The molecule has 25 heavy (non-hydrogen) atoms. The van der Waals surface area contributed by atoms with Gasteiger partial charge in [-0.15, -0.1) is 5.10 Å². The maximum Gasteiger partial charge on any atom is 0.227 e. The van der Waals surface area contributed by atoms with Crippen LogP contribution in [0.5, 0.6) is 5.75 Å². The summed E-state index contributed by atoms with van der Waals surface area (Å²) in [6.07, 6.45) is 2.37. The van der Waals surface area contributed by atoms with Crippen LogP contribution in [-0.2, 0) is 17.8 Å². The van der Waals surface area contributed by atoms with Gasteiger partial charge >= 0.3 is 0 Å². The van der Waals surface area contributed by atoms with Crippen molar-refractivity contribution in [2.75, 3.05) is 13.1 Å². The van der Waals surface area contributed by atoms with Crippen LogP contribution in [0.15, 0.2) is 53.4 Å². The Labute approximate surface area is 149 Å². The minimum Gasteiger partial charge on any atom is -0.487 e. The molecule has 0 atom stereocenters. The summed E-state index contributed by atoms with van der Waals surface area (Å²) in [5, 5.41) is 12.3. The van der Waals surface area contributed by atoms with E-state index in [1.54, 1.807) is 11.3 Å². The molecule has 7 heteroatoms. The second-order valence-electron chi connectivity index (χ2n) is 6.05. The van der Waals surface area contributed by atoms with Crippen LogP contribution in [0.3, 0.4) is 0 Å². The van der Waals surface area contributed by atoms with Gasteiger partial charge in [-0.2, -0.15) is 11.3 Å². The van der Waals surface area contributed by atoms with Crippen molar-refractivity contribution in [2.24, 2.45) is 0 Å². The average Bonchev–Trinajstić information content (AvgIpc) is 3.25. The first-order chi connectivity index (χ1) is 12.3. The van der Waals surface area contributed by atoms with Crippen LogP contribution in [0.4, 0.5) is 0 Å². The van der Waals surface area contributed by atoms with Crippen molar-refractivity contribution in [3.63, 3.8) is 0 Å². The molecule has 1 aromatic carbocycles. The molecule has 1 amide bonds. The van der Waals surface area contributed by atoms with E-state index in [1.165, 1.54) is 0 Å². The minimum atomic E-state index is 0.169. The summed E-state index contributed by atoms with van der Waals surface area (Å²) in [4.78, 5) is 14.1. The molecule has 1 aliphatic rings. The molecule has 4 rings (SSSR count). The van der Waals surface area contributed by atoms with Crippen molar-refractivity contribution in [2.45, 2.75) is 19.1 Å². The van der Waals surface area contributed by atoms with Gasteiger partial charge in [0.2, 0.25) is 5.91 Å². The number of aromatic nitrogens is 3. The lowest BCUT2D eigenvalue weighted by molar-refractivity contribution is -0.136. The van der Waals surface area contributed by atoms with Crippen molar-refractivity contribution in [1.29, 1.82) is 0 Å². The molecule has 0 saturated carbocycles. The first kappa shape index (κ1) is 15.8. The molecular weight excluding hydrogens is 336 g/mol. The molecule has 1 saturated heterocycles. The van der Waals surface area contributed by atoms with Crippen molar-refractivity contribution < 1.29 is 9.53 Å². The molecule has 0 radical (unpaired) electrons. The standard InChI is InChI=1S/C18H18N4O2S/c23-18(8-14-6-7-25-13-14)21-10-16(11-21)22-9-15(19-20-22)12-24-17-4-2-1-3-5-17/h1-7,9,13,16H,8,10-12H2. The first-order valence-corrected chi connectivity index (χ1v) is 9.09. The van der Waals surface area contributed by atoms with Crippen LogP contribution < -0.4 is 4.74 Å². The van der Waals surface area contributed by atoms with Crippen LogP contribution in [0, 0.1) is 0 Å². The van der Waals surface area contributed by atoms with Crippen molar-refractivity contribution in [3.8, 4) is 5.75 Å². The zero-order valence-corrected chi connectivity index (χ0v) is 14.4. The quantitative estimate of drug-likeness (QED) is 0.683. The van der Waals surface area contributed by atoms with Gasteiger partial charge in [0.15, 0.2) is 0 Å². The van der Waals surface area contributed by atoms with Crippen LogP contribution >= 0.6 is 11.3 Å². The van der Waals surface area contributed by atoms with Gasteiger partial charge in [-0.1, -0.05) is 23.4 Å². The Morgan fingerprint density at radius 2 is 2.08 bits per heavy atom. The first-order valence-electron chi connectivity index (χ1n) is 8.15. The van der Waals surface area contributed by atoms with E-state index < -0.39 is 0 Å². The second kappa shape index (κ2) is 7.06. The highest BCUT2D eigenvalue weighted by Crippen LogP contribution is 2.22. The molecule has 0 N–H and O–H groups in total. The number of rotatable bonds is 6. The number of thiophene rings is 1. The number of carbonyl (C=O) groups excluding carboxylic acids is 1. The molecule has 0 aliphatic carbocycles. The molecule has 128 valence electrons. The van der Waals surface area contributed by atoms with Gasteiger partial charge in [-0.25, -0.2) is 4.68 Å². The summed E-state index contributed by atoms with van der Waals surface area (Å²) in [5.74, 6) is 0.980. The third kappa shape index (κ3) is 3.71. The highest BCUT2D eigenvalue weighted by molar-refractivity contribution is 7.08. The predicted octanol–water partition coefficient (Wildman–Crippen LogP) is 2.54. The smallest absolute Gasteiger partial charge is 0.227 e. The zero-order chi connectivity index (χ0) is 17.1. The Kier molecular flexibility index (Phi) is 4.47. The lowest BCUT2D eigenvalue weighted by Gasteiger charge is -2.38. The van der Waals surface area contributed by atoms with Gasteiger partial charge in [0, 0.05) is 13.1 Å². The number of carbonyl (C=O) groups is 1. The number of amides is 1. The van der Waals surface area contributed by atoms with E-state index in [9.17, 15) is 4.79 Å². The fourth-order valence-corrected chi connectivity index (χ4v) is 3.41. The van der Waals surface area contributed by atoms with E-state index in [4.69, 9.17) is 4.74 Å². The predicted molar refractivity (Wildman–Crippen MR) is 94.4 cm³/mol. The fraction of sp³-hybridized carbons (Fsp3) is 0.278. The Hall–Kier alpha value is -2.67. The molecule has 3 aromatic rings. The van der Waals surface area contributed by atoms with Gasteiger partial charge in [0.1, 0.15) is 18.1 Å². The van der Waals surface area contributed by atoms with Crippen molar-refractivity contribution in [1.82, 2.24) is 19.9 Å². The normalized spacial score (nSPS) is 14.3. The number of hydrogen-bond donors (Lipinski definition) is 0. The van der Waals surface area contributed by atoms with Crippen molar-refractivity contribution >= 4 is 17.2 Å². The van der Waals surface area contributed by atoms with Crippen LogP contribution in [0.25, 0.3) is 0 Å². The molecule has 2 aromatic heterocycles. The van der Waals surface area contributed by atoms with E-state index >= 15 is 0 Å². The molecule has 0 unspecified atom stereocenters. The monoisotopic (exact) mass is 354 g/mol. The summed E-state index contributed by atoms with van der Waals surface area (Å²) < 4.78 is 7.51. The summed E-state index contributed by atoms with van der Waals surface area (Å²) in [6, 6.07) is 11.8. The summed E-state index contributed by atoms with van der Waals surface area (Å²) >= 11 is 1.62. The molecule has 1 aliphatic heterocycles. The third-order valence-corrected chi connectivity index (χ3v) is 4.94. The highest BCUT2D eigenvalue weighted by atomic mass is 32.1. The summed E-state index contributed by atoms with van der Waals surface area (Å²) in [5.41, 5.74) is 1.87. The third-order valence-electron chi connectivity index (χ3n) is 4.21. The topological polar surface area (TPSA) is 60.2 Å². The number of nitrogens with zero attached hydrogens (tertiary/aromatic N) is 4. The Bertz CT molecular complexity index is 826. The zero-order valence-electron chi connectivity index (χ0n) is 13.6. The second-order valence-corrected chi connectivity index (χ2v) is 6.83. The van der Waals surface area contributed by atoms with Gasteiger partial charge in [0.25, 0.3) is 0 Å². The molecule has 1 fully saturated rings. The van der Waals surface area contributed by atoms with Crippen LogP contribution in [0.2, 0.25) is 0 Å². The highest BCUT2D eigenvalue weighted by Gasteiger charge is 2.32. The Balaban J connectivity index is 1.27. The lowest BCUT2D eigenvalue weighted by atomic mass is 10.1. The minimum absolute atomic E-state index is 0.169. The van der Waals surface area contributed by atoms with Gasteiger partial charge in [-0.3, -0.25) is 4.79 Å². The summed E-state index contributed by atoms with van der Waals surface area (Å²) in [6.45, 7) is 1.76. The molecular formula is C18H18N4O2S. The maximum atomic E-state index is 12.2. The number of ether oxygens (including phenoxy) is 1. The van der Waals surface area contributed by atoms with Gasteiger partial charge < -0.3 is 9.64 Å². The van der Waals surface area contributed by atoms with E-state index in [1.807, 2.05) is 62.9 Å². The van der Waals surface area contributed by atoms with E-state index in [0.29, 0.717) is 26.1 Å².